The molecule has 1 rings (SSSR count). The van der Waals surface area contributed by atoms with E-state index in [4.69, 9.17) is 5.11 Å². The molecule has 1 atom stereocenters. The predicted octanol–water partition coefficient (Wildman–Crippen LogP) is 2.77. The summed E-state index contributed by atoms with van der Waals surface area (Å²) in [6, 6.07) is 6.22. The number of nitrogens with zero attached hydrogens (tertiary/aromatic N) is 1. The maximum atomic E-state index is 13.3. The largest absolute Gasteiger partial charge is 0.415 e. The predicted molar refractivity (Wildman–Crippen MR) is 66.7 cm³/mol. The van der Waals surface area contributed by atoms with Gasteiger partial charge in [-0.05, 0) is 19.2 Å². The van der Waals surface area contributed by atoms with Crippen LogP contribution < -0.4 is 0 Å². The standard InChI is InChI=1S/C12H15F4NOS/c1-17(8-11(18)12(14,15)16)6-7-19-10-5-3-2-4-9(10)13/h2-5,11,18H,6-8H2,1H3. The van der Waals surface area contributed by atoms with Gasteiger partial charge in [0.2, 0.25) is 0 Å². The van der Waals surface area contributed by atoms with E-state index in [2.05, 4.69) is 0 Å². The Morgan fingerprint density at radius 3 is 2.53 bits per heavy atom. The second-order valence-electron chi connectivity index (χ2n) is 4.10. The second-order valence-corrected chi connectivity index (χ2v) is 5.24. The highest BCUT2D eigenvalue weighted by Crippen LogP contribution is 2.22. The lowest BCUT2D eigenvalue weighted by atomic mass is 10.3. The summed E-state index contributed by atoms with van der Waals surface area (Å²) in [5.74, 6) is 0.104. The SMILES string of the molecule is CN(CCSc1ccccc1F)CC(O)C(F)(F)F. The number of thioether (sulfide) groups is 1. The van der Waals surface area contributed by atoms with Gasteiger partial charge in [0.05, 0.1) is 0 Å². The third-order valence-electron chi connectivity index (χ3n) is 2.43. The lowest BCUT2D eigenvalue weighted by Crippen LogP contribution is -2.40. The number of halogens is 4. The average Bonchev–Trinajstić information content (AvgIpc) is 2.30. The molecule has 0 heterocycles. The third-order valence-corrected chi connectivity index (χ3v) is 3.46. The molecule has 1 unspecified atom stereocenters. The van der Waals surface area contributed by atoms with Crippen molar-refractivity contribution in [3.8, 4) is 0 Å². The zero-order valence-electron chi connectivity index (χ0n) is 10.3. The Bertz CT molecular complexity index is 400. The van der Waals surface area contributed by atoms with Gasteiger partial charge >= 0.3 is 6.18 Å². The topological polar surface area (TPSA) is 23.5 Å². The zero-order chi connectivity index (χ0) is 14.5. The number of likely N-dealkylation sites (N-methyl/N-ethyl adjacent to an activating group) is 1. The van der Waals surface area contributed by atoms with Crippen LogP contribution in [0, 0.1) is 5.82 Å². The number of alkyl halides is 3. The monoisotopic (exact) mass is 297 g/mol. The quantitative estimate of drug-likeness (QED) is 0.645. The van der Waals surface area contributed by atoms with Gasteiger partial charge in [-0.3, -0.25) is 0 Å². The number of hydrogen-bond acceptors (Lipinski definition) is 3. The van der Waals surface area contributed by atoms with Gasteiger partial charge in [0.1, 0.15) is 5.82 Å². The van der Waals surface area contributed by atoms with Gasteiger partial charge < -0.3 is 10.0 Å². The highest BCUT2D eigenvalue weighted by atomic mass is 32.2. The lowest BCUT2D eigenvalue weighted by molar-refractivity contribution is -0.207. The molecule has 7 heteroatoms. The summed E-state index contributed by atoms with van der Waals surface area (Å²) >= 11 is 1.23. The smallest absolute Gasteiger partial charge is 0.382 e. The molecule has 0 saturated carbocycles. The van der Waals surface area contributed by atoms with Crippen molar-refractivity contribution in [1.29, 1.82) is 0 Å². The van der Waals surface area contributed by atoms with Gasteiger partial charge in [-0.2, -0.15) is 13.2 Å². The van der Waals surface area contributed by atoms with Crippen molar-refractivity contribution in [1.82, 2.24) is 4.90 Å². The van der Waals surface area contributed by atoms with E-state index in [0.717, 1.165) is 0 Å². The molecule has 0 fully saturated rings. The van der Waals surface area contributed by atoms with Crippen molar-refractivity contribution >= 4 is 11.8 Å². The molecule has 0 aliphatic rings. The van der Waals surface area contributed by atoms with Crippen LogP contribution in [0.5, 0.6) is 0 Å². The van der Waals surface area contributed by atoms with E-state index in [1.54, 1.807) is 18.2 Å². The number of aliphatic hydroxyl groups excluding tert-OH is 1. The molecule has 0 amide bonds. The van der Waals surface area contributed by atoms with Crippen molar-refractivity contribution in [3.63, 3.8) is 0 Å². The summed E-state index contributed by atoms with van der Waals surface area (Å²) in [5.41, 5.74) is 0. The summed E-state index contributed by atoms with van der Waals surface area (Å²) in [5, 5.41) is 8.88. The summed E-state index contributed by atoms with van der Waals surface area (Å²) in [6.45, 7) is -0.159. The number of rotatable bonds is 6. The van der Waals surface area contributed by atoms with Crippen molar-refractivity contribution in [2.24, 2.45) is 0 Å². The summed E-state index contributed by atoms with van der Waals surface area (Å²) in [4.78, 5) is 1.83. The zero-order valence-corrected chi connectivity index (χ0v) is 11.1. The van der Waals surface area contributed by atoms with Crippen LogP contribution in [-0.4, -0.2) is 48.2 Å². The molecule has 0 radical (unpaired) electrons. The minimum absolute atomic E-state index is 0.326. The first-order valence-corrected chi connectivity index (χ1v) is 6.60. The fourth-order valence-corrected chi connectivity index (χ4v) is 2.37. The van der Waals surface area contributed by atoms with Gasteiger partial charge in [0, 0.05) is 23.7 Å². The third kappa shape index (κ3) is 5.80. The first-order chi connectivity index (χ1) is 8.80. The molecule has 0 aliphatic heterocycles. The van der Waals surface area contributed by atoms with Crippen LogP contribution in [0.25, 0.3) is 0 Å². The summed E-state index contributed by atoms with van der Waals surface area (Å²) in [7, 11) is 1.48. The van der Waals surface area contributed by atoms with E-state index in [1.165, 1.54) is 29.8 Å². The Labute approximate surface area is 113 Å². The molecule has 0 saturated heterocycles. The molecule has 1 N–H and O–H groups in total. The van der Waals surface area contributed by atoms with Crippen molar-refractivity contribution in [2.75, 3.05) is 25.9 Å². The van der Waals surface area contributed by atoms with Gasteiger partial charge in [-0.1, -0.05) is 12.1 Å². The maximum absolute atomic E-state index is 13.3. The van der Waals surface area contributed by atoms with Crippen LogP contribution in [-0.2, 0) is 0 Å². The Kier molecular flexibility index (Phi) is 6.09. The maximum Gasteiger partial charge on any atom is 0.415 e. The van der Waals surface area contributed by atoms with Gasteiger partial charge in [0.25, 0.3) is 0 Å². The van der Waals surface area contributed by atoms with Crippen LogP contribution in [0.3, 0.4) is 0 Å². The fourth-order valence-electron chi connectivity index (χ4n) is 1.36. The van der Waals surface area contributed by atoms with Crippen LogP contribution in [0.2, 0.25) is 0 Å². The molecule has 108 valence electrons. The van der Waals surface area contributed by atoms with Crippen LogP contribution in [0.15, 0.2) is 29.2 Å². The first kappa shape index (κ1) is 16.3. The number of hydrogen-bond donors (Lipinski definition) is 1. The van der Waals surface area contributed by atoms with E-state index < -0.39 is 18.8 Å². The van der Waals surface area contributed by atoms with Crippen molar-refractivity contribution in [3.05, 3.63) is 30.1 Å². The molecule has 0 aromatic heterocycles. The molecule has 1 aromatic rings. The Balaban J connectivity index is 2.32. The van der Waals surface area contributed by atoms with E-state index in [-0.39, 0.29) is 5.82 Å². The van der Waals surface area contributed by atoms with E-state index in [9.17, 15) is 17.6 Å². The minimum atomic E-state index is -4.60. The molecule has 1 aromatic carbocycles. The fraction of sp³-hybridized carbons (Fsp3) is 0.500. The number of benzene rings is 1. The Hall–Kier alpha value is -0.790. The lowest BCUT2D eigenvalue weighted by Gasteiger charge is -2.21. The highest BCUT2D eigenvalue weighted by Gasteiger charge is 2.38. The van der Waals surface area contributed by atoms with Crippen LogP contribution in [0.4, 0.5) is 17.6 Å². The Morgan fingerprint density at radius 1 is 1.32 bits per heavy atom. The van der Waals surface area contributed by atoms with Crippen LogP contribution in [0.1, 0.15) is 0 Å². The minimum Gasteiger partial charge on any atom is -0.382 e. The molecule has 0 bridgehead atoms. The normalized spacial score (nSPS) is 13.8. The summed E-state index contributed by atoms with van der Waals surface area (Å²) < 4.78 is 49.6. The van der Waals surface area contributed by atoms with Crippen LogP contribution >= 0.6 is 11.8 Å². The molecule has 0 spiro atoms. The number of aliphatic hydroxyl groups is 1. The van der Waals surface area contributed by atoms with Crippen molar-refractivity contribution in [2.45, 2.75) is 17.2 Å². The molecular weight excluding hydrogens is 282 g/mol. The average molecular weight is 297 g/mol. The van der Waals surface area contributed by atoms with Gasteiger partial charge in [0.15, 0.2) is 6.10 Å². The molecule has 2 nitrogen and oxygen atoms in total. The van der Waals surface area contributed by atoms with Gasteiger partial charge in [-0.15, -0.1) is 11.8 Å². The first-order valence-electron chi connectivity index (χ1n) is 5.61. The van der Waals surface area contributed by atoms with Crippen molar-refractivity contribution < 1.29 is 22.7 Å². The van der Waals surface area contributed by atoms with E-state index in [1.807, 2.05) is 0 Å². The summed E-state index contributed by atoms with van der Waals surface area (Å²) in [6.07, 6.45) is -6.96. The molecule has 19 heavy (non-hydrogen) atoms. The second kappa shape index (κ2) is 7.12. The Morgan fingerprint density at radius 2 is 1.95 bits per heavy atom. The molecular formula is C12H15F4NOS. The van der Waals surface area contributed by atoms with E-state index in [0.29, 0.717) is 17.2 Å². The van der Waals surface area contributed by atoms with E-state index >= 15 is 0 Å². The molecule has 0 aliphatic carbocycles. The highest BCUT2D eigenvalue weighted by molar-refractivity contribution is 7.99. The van der Waals surface area contributed by atoms with Gasteiger partial charge in [-0.25, -0.2) is 4.39 Å².